The number of nitrogens with zero attached hydrogens (tertiary/aromatic N) is 3. The lowest BCUT2D eigenvalue weighted by Gasteiger charge is -2.08. The maximum atomic E-state index is 12.3. The van der Waals surface area contributed by atoms with Crippen molar-refractivity contribution in [1.82, 2.24) is 19.9 Å². The fourth-order valence-electron chi connectivity index (χ4n) is 2.48. The minimum Gasteiger partial charge on any atom is -0.338 e. The molecule has 0 saturated heterocycles. The number of fused-ring (bicyclic) bond motifs is 1. The van der Waals surface area contributed by atoms with Crippen molar-refractivity contribution in [1.29, 1.82) is 0 Å². The van der Waals surface area contributed by atoms with Gasteiger partial charge in [0, 0.05) is 18.0 Å². The van der Waals surface area contributed by atoms with Gasteiger partial charge < -0.3 is 10.3 Å². The molecule has 0 atom stereocenters. The fraction of sp³-hybridized carbons (Fsp3) is 0. The van der Waals surface area contributed by atoms with Gasteiger partial charge in [0.15, 0.2) is 0 Å². The number of anilines is 1. The van der Waals surface area contributed by atoms with Crippen molar-refractivity contribution < 1.29 is 4.79 Å². The maximum Gasteiger partial charge on any atom is 0.275 e. The molecule has 0 unspecified atom stereocenters. The molecule has 2 aromatic heterocycles. The van der Waals surface area contributed by atoms with E-state index in [4.69, 9.17) is 0 Å². The van der Waals surface area contributed by atoms with Gasteiger partial charge in [-0.3, -0.25) is 9.78 Å². The average Bonchev–Trinajstić information content (AvgIpc) is 3.07. The van der Waals surface area contributed by atoms with E-state index in [9.17, 15) is 4.79 Å². The van der Waals surface area contributed by atoms with Crippen LogP contribution in [0.15, 0.2) is 67.1 Å². The smallest absolute Gasteiger partial charge is 0.275 e. The Kier molecular flexibility index (Phi) is 3.47. The van der Waals surface area contributed by atoms with Crippen molar-refractivity contribution in [3.8, 4) is 11.4 Å². The van der Waals surface area contributed by atoms with Crippen LogP contribution in [0.1, 0.15) is 10.5 Å². The Morgan fingerprint density at radius 1 is 1.00 bits per heavy atom. The Hall–Kier alpha value is -3.54. The molecule has 0 radical (unpaired) electrons. The number of aromatic nitrogens is 4. The van der Waals surface area contributed by atoms with Crippen molar-refractivity contribution in [2.75, 3.05) is 5.32 Å². The van der Waals surface area contributed by atoms with Crippen molar-refractivity contribution in [2.24, 2.45) is 0 Å². The number of carbonyl (C=O) groups is 1. The van der Waals surface area contributed by atoms with Crippen LogP contribution in [0.2, 0.25) is 0 Å². The van der Waals surface area contributed by atoms with Crippen LogP contribution in [-0.4, -0.2) is 25.8 Å². The second-order valence-electron chi connectivity index (χ2n) is 5.19. The van der Waals surface area contributed by atoms with Crippen LogP contribution >= 0.6 is 0 Å². The van der Waals surface area contributed by atoms with Gasteiger partial charge in [0.2, 0.25) is 0 Å². The number of amides is 1. The van der Waals surface area contributed by atoms with E-state index in [1.807, 2.05) is 48.5 Å². The van der Waals surface area contributed by atoms with Gasteiger partial charge in [-0.1, -0.05) is 24.3 Å². The molecule has 2 N–H and O–H groups in total. The summed E-state index contributed by atoms with van der Waals surface area (Å²) in [5.74, 6) is 0.387. The lowest BCUT2D eigenvalue weighted by atomic mass is 10.1. The minimum atomic E-state index is -0.313. The Bertz CT molecular complexity index is 977. The first-order valence-corrected chi connectivity index (χ1v) is 7.43. The highest BCUT2D eigenvalue weighted by Gasteiger charge is 2.13. The predicted molar refractivity (Wildman–Crippen MR) is 91.5 cm³/mol. The SMILES string of the molecule is O=C(Nc1ccccc1-c1nc2ccccc2[nH]1)c1cnccn1. The summed E-state index contributed by atoms with van der Waals surface area (Å²) in [5, 5.41) is 2.87. The molecule has 0 spiro atoms. The number of imidazole rings is 1. The number of nitrogens with one attached hydrogen (secondary N) is 2. The van der Waals surface area contributed by atoms with Crippen LogP contribution in [0.5, 0.6) is 0 Å². The van der Waals surface area contributed by atoms with E-state index >= 15 is 0 Å². The summed E-state index contributed by atoms with van der Waals surface area (Å²) in [6.07, 6.45) is 4.44. The van der Waals surface area contributed by atoms with Crippen molar-refractivity contribution >= 4 is 22.6 Å². The standard InChI is InChI=1S/C18H13N5O/c24-18(16-11-19-9-10-20-16)23-13-6-2-1-5-12(13)17-21-14-7-3-4-8-15(14)22-17/h1-11H,(H,21,22)(H,23,24). The first-order chi connectivity index (χ1) is 11.8. The molecule has 24 heavy (non-hydrogen) atoms. The molecule has 2 heterocycles. The highest BCUT2D eigenvalue weighted by Crippen LogP contribution is 2.27. The Balaban J connectivity index is 1.71. The van der Waals surface area contributed by atoms with Crippen LogP contribution in [0.3, 0.4) is 0 Å². The fourth-order valence-corrected chi connectivity index (χ4v) is 2.48. The van der Waals surface area contributed by atoms with E-state index in [0.717, 1.165) is 16.6 Å². The summed E-state index contributed by atoms with van der Waals surface area (Å²) in [6.45, 7) is 0. The third-order valence-electron chi connectivity index (χ3n) is 3.62. The van der Waals surface area contributed by atoms with E-state index in [-0.39, 0.29) is 11.6 Å². The van der Waals surface area contributed by atoms with Crippen LogP contribution in [-0.2, 0) is 0 Å². The summed E-state index contributed by atoms with van der Waals surface area (Å²) in [5.41, 5.74) is 3.56. The van der Waals surface area contributed by atoms with Gasteiger partial charge in [-0.15, -0.1) is 0 Å². The highest BCUT2D eigenvalue weighted by molar-refractivity contribution is 6.04. The van der Waals surface area contributed by atoms with E-state index in [0.29, 0.717) is 11.5 Å². The van der Waals surface area contributed by atoms with Gasteiger partial charge in [0.25, 0.3) is 5.91 Å². The number of H-pyrrole nitrogens is 1. The second-order valence-corrected chi connectivity index (χ2v) is 5.19. The number of carbonyl (C=O) groups excluding carboxylic acids is 1. The van der Waals surface area contributed by atoms with E-state index in [1.54, 1.807) is 0 Å². The molecule has 2 aromatic carbocycles. The average molecular weight is 315 g/mol. The lowest BCUT2D eigenvalue weighted by Crippen LogP contribution is -2.14. The van der Waals surface area contributed by atoms with Gasteiger partial charge >= 0.3 is 0 Å². The van der Waals surface area contributed by atoms with Crippen LogP contribution in [0, 0.1) is 0 Å². The monoisotopic (exact) mass is 315 g/mol. The molecule has 6 nitrogen and oxygen atoms in total. The summed E-state index contributed by atoms with van der Waals surface area (Å²) in [6, 6.07) is 15.3. The minimum absolute atomic E-state index is 0.261. The van der Waals surface area contributed by atoms with Gasteiger partial charge in [0.05, 0.1) is 22.9 Å². The molecule has 0 aliphatic carbocycles. The lowest BCUT2D eigenvalue weighted by molar-refractivity contribution is 0.102. The summed E-state index contributed by atoms with van der Waals surface area (Å²) < 4.78 is 0. The van der Waals surface area contributed by atoms with Gasteiger partial charge in [0.1, 0.15) is 11.5 Å². The van der Waals surface area contributed by atoms with Crippen LogP contribution in [0.4, 0.5) is 5.69 Å². The zero-order valence-corrected chi connectivity index (χ0v) is 12.6. The number of hydrogen-bond donors (Lipinski definition) is 2. The van der Waals surface area contributed by atoms with Crippen LogP contribution in [0.25, 0.3) is 22.4 Å². The summed E-state index contributed by atoms with van der Waals surface area (Å²) >= 11 is 0. The van der Waals surface area contributed by atoms with Crippen LogP contribution < -0.4 is 5.32 Å². The Morgan fingerprint density at radius 2 is 1.83 bits per heavy atom. The zero-order valence-electron chi connectivity index (χ0n) is 12.6. The number of aromatic amines is 1. The molecule has 0 saturated carbocycles. The molecule has 116 valence electrons. The number of hydrogen-bond acceptors (Lipinski definition) is 4. The molecule has 4 rings (SSSR count). The topological polar surface area (TPSA) is 83.6 Å². The molecule has 6 heteroatoms. The first-order valence-electron chi connectivity index (χ1n) is 7.43. The normalized spacial score (nSPS) is 10.7. The third-order valence-corrected chi connectivity index (χ3v) is 3.62. The van der Waals surface area contributed by atoms with Gasteiger partial charge in [-0.2, -0.15) is 0 Å². The second kappa shape index (κ2) is 5.92. The van der Waals surface area contributed by atoms with E-state index < -0.39 is 0 Å². The number of benzene rings is 2. The quantitative estimate of drug-likeness (QED) is 0.608. The Labute approximate surface area is 137 Å². The number of rotatable bonds is 3. The Morgan fingerprint density at radius 3 is 2.67 bits per heavy atom. The molecule has 1 amide bonds. The molecule has 4 aromatic rings. The number of para-hydroxylation sites is 3. The van der Waals surface area contributed by atoms with Crippen molar-refractivity contribution in [3.63, 3.8) is 0 Å². The zero-order chi connectivity index (χ0) is 16.4. The van der Waals surface area contributed by atoms with Crippen molar-refractivity contribution in [3.05, 3.63) is 72.8 Å². The maximum absolute atomic E-state index is 12.3. The van der Waals surface area contributed by atoms with Crippen molar-refractivity contribution in [2.45, 2.75) is 0 Å². The molecule has 0 aliphatic heterocycles. The van der Waals surface area contributed by atoms with E-state index in [2.05, 4.69) is 25.3 Å². The molecular formula is C18H13N5O. The summed E-state index contributed by atoms with van der Waals surface area (Å²) in [7, 11) is 0. The largest absolute Gasteiger partial charge is 0.338 e. The summed E-state index contributed by atoms with van der Waals surface area (Å²) in [4.78, 5) is 28.1. The predicted octanol–water partition coefficient (Wildman–Crippen LogP) is 3.27. The molecule has 0 fully saturated rings. The molecular weight excluding hydrogens is 302 g/mol. The van der Waals surface area contributed by atoms with E-state index in [1.165, 1.54) is 18.6 Å². The van der Waals surface area contributed by atoms with Gasteiger partial charge in [-0.25, -0.2) is 9.97 Å². The first kappa shape index (κ1) is 14.1. The molecule has 0 aliphatic rings. The molecule has 0 bridgehead atoms. The highest BCUT2D eigenvalue weighted by atomic mass is 16.1. The van der Waals surface area contributed by atoms with Gasteiger partial charge in [-0.05, 0) is 24.3 Å². The third kappa shape index (κ3) is 2.61.